The number of nitrogens with zero attached hydrogens (tertiary/aromatic N) is 4. The van der Waals surface area contributed by atoms with Gasteiger partial charge in [-0.1, -0.05) is 0 Å². The van der Waals surface area contributed by atoms with Gasteiger partial charge in [-0.3, -0.25) is 0 Å². The standard InChI is InChI=1S/C19H31N5O5S.ClH/c1-14-11-20-18(21-12-14)23-9-6-15(7-10-23)29-13-17-16(22-30(3,26)27)5-4-8-24(17)19(25)28-2;/h11-12,15-17,22H,4-10,13H2,1-3H3;1H/t16-,17-;/m0./s1. The molecule has 0 radical (unpaired) electrons. The zero-order valence-corrected chi connectivity index (χ0v) is 19.8. The fraction of sp³-hybridized carbons (Fsp3) is 0.737. The number of amides is 1. The maximum absolute atomic E-state index is 12.2. The number of anilines is 1. The van der Waals surface area contributed by atoms with Crippen LogP contribution in [0.4, 0.5) is 10.7 Å². The van der Waals surface area contributed by atoms with Crippen molar-refractivity contribution in [2.24, 2.45) is 0 Å². The Bertz CT molecular complexity index is 817. The summed E-state index contributed by atoms with van der Waals surface area (Å²) in [4.78, 5) is 24.7. The Morgan fingerprint density at radius 2 is 1.84 bits per heavy atom. The second kappa shape index (κ2) is 11.3. The first-order valence-electron chi connectivity index (χ1n) is 10.2. The number of sulfonamides is 1. The molecule has 12 heteroatoms. The highest BCUT2D eigenvalue weighted by Crippen LogP contribution is 2.23. The number of piperidine rings is 2. The minimum atomic E-state index is -3.40. The minimum Gasteiger partial charge on any atom is -0.453 e. The molecule has 2 atom stereocenters. The summed E-state index contributed by atoms with van der Waals surface area (Å²) < 4.78 is 37.3. The molecule has 1 aromatic rings. The lowest BCUT2D eigenvalue weighted by atomic mass is 9.97. The van der Waals surface area contributed by atoms with E-state index in [0.29, 0.717) is 19.4 Å². The lowest BCUT2D eigenvalue weighted by molar-refractivity contribution is -0.0181. The van der Waals surface area contributed by atoms with Crippen molar-refractivity contribution >= 4 is 34.5 Å². The molecule has 0 aliphatic carbocycles. The predicted octanol–water partition coefficient (Wildman–Crippen LogP) is 1.34. The summed E-state index contributed by atoms with van der Waals surface area (Å²) in [6.45, 7) is 4.30. The molecule has 10 nitrogen and oxygen atoms in total. The topological polar surface area (TPSA) is 114 Å². The van der Waals surface area contributed by atoms with Crippen molar-refractivity contribution in [1.29, 1.82) is 0 Å². The van der Waals surface area contributed by atoms with Crippen LogP contribution in [0.15, 0.2) is 12.4 Å². The zero-order chi connectivity index (χ0) is 21.7. The molecule has 1 N–H and O–H groups in total. The largest absolute Gasteiger partial charge is 0.453 e. The molecule has 1 aromatic heterocycles. The molecule has 2 saturated heterocycles. The SMILES string of the molecule is COC(=O)N1CCC[C@H](NS(C)(=O)=O)[C@@H]1COC1CCN(c2ncc(C)cn2)CC1.Cl. The van der Waals surface area contributed by atoms with Gasteiger partial charge < -0.3 is 19.3 Å². The Morgan fingerprint density at radius 3 is 2.42 bits per heavy atom. The Morgan fingerprint density at radius 1 is 1.19 bits per heavy atom. The van der Waals surface area contributed by atoms with Crippen LogP contribution in [0.25, 0.3) is 0 Å². The third-order valence-electron chi connectivity index (χ3n) is 5.55. The maximum Gasteiger partial charge on any atom is 0.409 e. The number of carbonyl (C=O) groups is 1. The van der Waals surface area contributed by atoms with Crippen LogP contribution >= 0.6 is 12.4 Å². The Balaban J connectivity index is 0.00000341. The van der Waals surface area contributed by atoms with E-state index in [2.05, 4.69) is 19.6 Å². The summed E-state index contributed by atoms with van der Waals surface area (Å²) in [5.41, 5.74) is 1.02. The summed E-state index contributed by atoms with van der Waals surface area (Å²) >= 11 is 0. The second-order valence-corrected chi connectivity index (χ2v) is 9.73. The van der Waals surface area contributed by atoms with Gasteiger partial charge in [-0.05, 0) is 38.2 Å². The van der Waals surface area contributed by atoms with Gasteiger partial charge in [-0.15, -0.1) is 12.4 Å². The van der Waals surface area contributed by atoms with Gasteiger partial charge >= 0.3 is 6.09 Å². The highest BCUT2D eigenvalue weighted by molar-refractivity contribution is 7.88. The summed E-state index contributed by atoms with van der Waals surface area (Å²) in [6.07, 6.45) is 7.30. The molecule has 0 aromatic carbocycles. The van der Waals surface area contributed by atoms with E-state index in [4.69, 9.17) is 9.47 Å². The number of aryl methyl sites for hydroxylation is 1. The summed E-state index contributed by atoms with van der Waals surface area (Å²) in [5.74, 6) is 0.723. The van der Waals surface area contributed by atoms with Gasteiger partial charge in [0.25, 0.3) is 0 Å². The number of aromatic nitrogens is 2. The molecule has 0 saturated carbocycles. The molecule has 0 unspecified atom stereocenters. The van der Waals surface area contributed by atoms with Crippen LogP contribution in [0.3, 0.4) is 0 Å². The molecular weight excluding hydrogens is 446 g/mol. The van der Waals surface area contributed by atoms with Gasteiger partial charge in [0.2, 0.25) is 16.0 Å². The van der Waals surface area contributed by atoms with Crippen LogP contribution in [0.1, 0.15) is 31.2 Å². The first-order chi connectivity index (χ1) is 14.3. The number of nitrogens with one attached hydrogen (secondary N) is 1. The van der Waals surface area contributed by atoms with Gasteiger partial charge in [0, 0.05) is 38.1 Å². The molecule has 2 aliphatic rings. The smallest absolute Gasteiger partial charge is 0.409 e. The number of likely N-dealkylation sites (tertiary alicyclic amines) is 1. The van der Waals surface area contributed by atoms with E-state index in [9.17, 15) is 13.2 Å². The van der Waals surface area contributed by atoms with Crippen LogP contribution in [0, 0.1) is 6.92 Å². The molecule has 0 bridgehead atoms. The third-order valence-corrected chi connectivity index (χ3v) is 6.28. The molecule has 31 heavy (non-hydrogen) atoms. The Hall–Kier alpha value is -1.69. The number of hydrogen-bond donors (Lipinski definition) is 1. The second-order valence-electron chi connectivity index (χ2n) is 7.95. The fourth-order valence-electron chi connectivity index (χ4n) is 4.03. The quantitative estimate of drug-likeness (QED) is 0.652. The first kappa shape index (κ1) is 25.6. The maximum atomic E-state index is 12.2. The monoisotopic (exact) mass is 477 g/mol. The molecule has 2 fully saturated rings. The number of halogens is 1. The molecular formula is C19H32ClN5O5S. The molecule has 0 spiro atoms. The van der Waals surface area contributed by atoms with Crippen LogP contribution in [-0.2, 0) is 19.5 Å². The summed E-state index contributed by atoms with van der Waals surface area (Å²) in [5, 5.41) is 0. The number of ether oxygens (including phenoxy) is 2. The van der Waals surface area contributed by atoms with E-state index < -0.39 is 28.2 Å². The van der Waals surface area contributed by atoms with Crippen LogP contribution in [0.5, 0.6) is 0 Å². The van der Waals surface area contributed by atoms with Gasteiger partial charge in [-0.2, -0.15) is 0 Å². The van der Waals surface area contributed by atoms with Gasteiger partial charge in [0.05, 0.1) is 32.1 Å². The highest BCUT2D eigenvalue weighted by atomic mass is 35.5. The first-order valence-corrected chi connectivity index (χ1v) is 12.1. The number of rotatable bonds is 6. The molecule has 1 amide bonds. The number of methoxy groups -OCH3 is 1. The minimum absolute atomic E-state index is 0. The van der Waals surface area contributed by atoms with Crippen molar-refractivity contribution in [3.05, 3.63) is 18.0 Å². The Labute approximate surface area is 190 Å². The predicted molar refractivity (Wildman–Crippen MR) is 119 cm³/mol. The molecule has 176 valence electrons. The normalized spacial score (nSPS) is 22.7. The number of carbonyl (C=O) groups excluding carboxylic acids is 1. The van der Waals surface area contributed by atoms with Crippen LogP contribution in [0.2, 0.25) is 0 Å². The Kier molecular flexibility index (Phi) is 9.28. The van der Waals surface area contributed by atoms with Crippen molar-refractivity contribution < 1.29 is 22.7 Å². The van der Waals surface area contributed by atoms with Crippen molar-refractivity contribution in [3.8, 4) is 0 Å². The lowest BCUT2D eigenvalue weighted by Crippen LogP contribution is -2.59. The average molecular weight is 478 g/mol. The highest BCUT2D eigenvalue weighted by Gasteiger charge is 2.37. The van der Waals surface area contributed by atoms with E-state index in [1.54, 1.807) is 4.90 Å². The third kappa shape index (κ3) is 7.16. The van der Waals surface area contributed by atoms with Gasteiger partial charge in [0.15, 0.2) is 0 Å². The zero-order valence-electron chi connectivity index (χ0n) is 18.2. The average Bonchev–Trinajstić information content (AvgIpc) is 2.72. The van der Waals surface area contributed by atoms with E-state index >= 15 is 0 Å². The fourth-order valence-corrected chi connectivity index (χ4v) is 4.85. The molecule has 3 rings (SSSR count). The van der Waals surface area contributed by atoms with E-state index in [0.717, 1.165) is 43.7 Å². The van der Waals surface area contributed by atoms with Crippen LogP contribution in [-0.4, -0.2) is 87.2 Å². The van der Waals surface area contributed by atoms with Crippen molar-refractivity contribution in [1.82, 2.24) is 19.6 Å². The van der Waals surface area contributed by atoms with Crippen molar-refractivity contribution in [2.75, 3.05) is 44.5 Å². The van der Waals surface area contributed by atoms with Crippen molar-refractivity contribution in [2.45, 2.75) is 50.8 Å². The number of hydrogen-bond acceptors (Lipinski definition) is 8. The van der Waals surface area contributed by atoms with E-state index in [1.165, 1.54) is 7.11 Å². The lowest BCUT2D eigenvalue weighted by Gasteiger charge is -2.41. The van der Waals surface area contributed by atoms with Gasteiger partial charge in [-0.25, -0.2) is 27.9 Å². The summed E-state index contributed by atoms with van der Waals surface area (Å²) in [6, 6.07) is -0.798. The summed E-state index contributed by atoms with van der Waals surface area (Å²) in [7, 11) is -2.07. The molecule has 3 heterocycles. The van der Waals surface area contributed by atoms with Crippen molar-refractivity contribution in [3.63, 3.8) is 0 Å². The van der Waals surface area contributed by atoms with E-state index in [1.807, 2.05) is 19.3 Å². The van der Waals surface area contributed by atoms with Gasteiger partial charge in [0.1, 0.15) is 0 Å². The molecule has 2 aliphatic heterocycles. The van der Waals surface area contributed by atoms with Crippen LogP contribution < -0.4 is 9.62 Å². The van der Waals surface area contributed by atoms with E-state index in [-0.39, 0.29) is 25.1 Å².